The Morgan fingerprint density at radius 2 is 2.03 bits per heavy atom. The number of hydrogen-bond donors (Lipinski definition) is 0. The number of carbonyl (C=O) groups is 1. The lowest BCUT2D eigenvalue weighted by Gasteiger charge is -2.19. The summed E-state index contributed by atoms with van der Waals surface area (Å²) in [5.41, 5.74) is 0.788. The van der Waals surface area contributed by atoms with Crippen LogP contribution in [0.3, 0.4) is 0 Å². The highest BCUT2D eigenvalue weighted by Gasteiger charge is 2.20. The molecule has 0 atom stereocenters. The van der Waals surface area contributed by atoms with Crippen LogP contribution in [0.15, 0.2) is 47.6 Å². The maximum absolute atomic E-state index is 12.9. The van der Waals surface area contributed by atoms with Crippen molar-refractivity contribution >= 4 is 27.3 Å². The highest BCUT2D eigenvalue weighted by Crippen LogP contribution is 2.30. The molecule has 1 heterocycles. The summed E-state index contributed by atoms with van der Waals surface area (Å²) in [7, 11) is -0.185. The fourth-order valence-corrected chi connectivity index (χ4v) is 3.83. The second-order valence-corrected chi connectivity index (χ2v) is 9.36. The molecule has 0 aliphatic carbocycles. The summed E-state index contributed by atoms with van der Waals surface area (Å²) in [6, 6.07) is 9.40. The number of amides is 1. The van der Waals surface area contributed by atoms with Crippen LogP contribution in [0.5, 0.6) is 11.5 Å². The van der Waals surface area contributed by atoms with E-state index in [-0.39, 0.29) is 10.8 Å². The van der Waals surface area contributed by atoms with Gasteiger partial charge in [-0.1, -0.05) is 17.7 Å². The monoisotopic (exact) mass is 479 g/mol. The smallest absolute Gasteiger partial charge is 0.257 e. The quantitative estimate of drug-likeness (QED) is 0.429. The lowest BCUT2D eigenvalue weighted by molar-refractivity contribution is 0.0784. The molecule has 0 N–H and O–H groups in total. The molecule has 32 heavy (non-hydrogen) atoms. The molecule has 1 aromatic heterocycles. The van der Waals surface area contributed by atoms with Crippen molar-refractivity contribution in [1.82, 2.24) is 25.1 Å². The van der Waals surface area contributed by atoms with Gasteiger partial charge in [0.25, 0.3) is 5.91 Å². The van der Waals surface area contributed by atoms with Gasteiger partial charge in [0.2, 0.25) is 0 Å². The third-order valence-corrected chi connectivity index (χ3v) is 6.00. The maximum Gasteiger partial charge on any atom is 0.257 e. The van der Waals surface area contributed by atoms with Gasteiger partial charge in [-0.2, -0.15) is 4.68 Å². The van der Waals surface area contributed by atoms with E-state index >= 15 is 0 Å². The molecule has 170 valence electrons. The molecule has 12 heteroatoms. The highest BCUT2D eigenvalue weighted by molar-refractivity contribution is 7.90. The van der Waals surface area contributed by atoms with E-state index in [1.165, 1.54) is 41.2 Å². The topological polar surface area (TPSA) is 117 Å². The highest BCUT2D eigenvalue weighted by atomic mass is 35.5. The summed E-state index contributed by atoms with van der Waals surface area (Å²) in [6.07, 6.45) is 3.06. The fraction of sp³-hybridized carbons (Fsp3) is 0.300. The Morgan fingerprint density at radius 1 is 1.25 bits per heavy atom. The standard InChI is InChI=1S/C20H22ClN5O5S/c1-25(8-5-9-31-14-6-4-7-15(10-14)32(3,28)29)20(27)16-11-17(21)18(12-19(16)30-2)26-13-22-23-24-26/h4,6-7,10-13H,5,8-9H2,1-3H3. The number of rotatable bonds is 9. The number of nitrogens with zero attached hydrogens (tertiary/aromatic N) is 5. The number of methoxy groups -OCH3 is 1. The molecule has 10 nitrogen and oxygen atoms in total. The Kier molecular flexibility index (Phi) is 7.31. The van der Waals surface area contributed by atoms with Crippen molar-refractivity contribution in [2.75, 3.05) is 33.6 Å². The first kappa shape index (κ1) is 23.5. The van der Waals surface area contributed by atoms with Crippen LogP contribution in [0.25, 0.3) is 5.69 Å². The van der Waals surface area contributed by atoms with Gasteiger partial charge in [-0.3, -0.25) is 4.79 Å². The molecule has 0 spiro atoms. The van der Waals surface area contributed by atoms with Gasteiger partial charge in [0.05, 0.1) is 34.9 Å². The third-order valence-electron chi connectivity index (χ3n) is 4.58. The molecular formula is C20H22ClN5O5S. The van der Waals surface area contributed by atoms with Crippen LogP contribution in [0.1, 0.15) is 16.8 Å². The molecule has 3 aromatic rings. The molecule has 2 aromatic carbocycles. The molecule has 0 unspecified atom stereocenters. The molecule has 3 rings (SSSR count). The lowest BCUT2D eigenvalue weighted by Crippen LogP contribution is -2.29. The zero-order chi connectivity index (χ0) is 23.3. The van der Waals surface area contributed by atoms with Crippen molar-refractivity contribution in [2.24, 2.45) is 0 Å². The minimum absolute atomic E-state index is 0.191. The minimum atomic E-state index is -3.31. The number of hydrogen-bond acceptors (Lipinski definition) is 8. The van der Waals surface area contributed by atoms with Gasteiger partial charge in [-0.05, 0) is 41.1 Å². The molecule has 0 aliphatic rings. The number of sulfone groups is 1. The van der Waals surface area contributed by atoms with E-state index in [4.69, 9.17) is 21.1 Å². The van der Waals surface area contributed by atoms with E-state index in [1.807, 2.05) is 0 Å². The molecule has 0 saturated carbocycles. The second-order valence-electron chi connectivity index (χ2n) is 6.93. The molecule has 0 aliphatic heterocycles. The third kappa shape index (κ3) is 5.54. The van der Waals surface area contributed by atoms with Gasteiger partial charge < -0.3 is 14.4 Å². The Hall–Kier alpha value is -3.18. The number of carbonyl (C=O) groups excluding carboxylic acids is 1. The van der Waals surface area contributed by atoms with Crippen LogP contribution < -0.4 is 9.47 Å². The minimum Gasteiger partial charge on any atom is -0.496 e. The summed E-state index contributed by atoms with van der Waals surface area (Å²) in [5.74, 6) is 0.519. The average molecular weight is 480 g/mol. The Labute approximate surface area is 190 Å². The van der Waals surface area contributed by atoms with E-state index in [0.29, 0.717) is 47.3 Å². The largest absolute Gasteiger partial charge is 0.496 e. The van der Waals surface area contributed by atoms with Crippen molar-refractivity contribution in [3.8, 4) is 17.2 Å². The van der Waals surface area contributed by atoms with Gasteiger partial charge in [0.15, 0.2) is 9.84 Å². The van der Waals surface area contributed by atoms with Gasteiger partial charge in [-0.15, -0.1) is 5.10 Å². The van der Waals surface area contributed by atoms with E-state index in [9.17, 15) is 13.2 Å². The Balaban J connectivity index is 1.62. The van der Waals surface area contributed by atoms with Crippen molar-refractivity contribution in [2.45, 2.75) is 11.3 Å². The first-order valence-electron chi connectivity index (χ1n) is 9.50. The van der Waals surface area contributed by atoms with Gasteiger partial charge in [-0.25, -0.2) is 8.42 Å². The summed E-state index contributed by atoms with van der Waals surface area (Å²) in [5, 5.41) is 11.2. The van der Waals surface area contributed by atoms with Crippen LogP contribution in [-0.2, 0) is 9.84 Å². The fourth-order valence-electron chi connectivity index (χ4n) is 2.92. The predicted octanol–water partition coefficient (Wildman–Crippen LogP) is 2.27. The zero-order valence-electron chi connectivity index (χ0n) is 17.7. The Morgan fingerprint density at radius 3 is 2.69 bits per heavy atom. The summed E-state index contributed by atoms with van der Waals surface area (Å²) in [6.45, 7) is 0.709. The average Bonchev–Trinajstić information content (AvgIpc) is 3.30. The van der Waals surface area contributed by atoms with Gasteiger partial charge in [0, 0.05) is 25.9 Å². The zero-order valence-corrected chi connectivity index (χ0v) is 19.3. The first-order chi connectivity index (χ1) is 15.2. The summed E-state index contributed by atoms with van der Waals surface area (Å²) in [4.78, 5) is 14.6. The first-order valence-corrected chi connectivity index (χ1v) is 11.8. The van der Waals surface area contributed by atoms with Crippen LogP contribution in [-0.4, -0.2) is 73.0 Å². The van der Waals surface area contributed by atoms with Gasteiger partial charge >= 0.3 is 0 Å². The maximum atomic E-state index is 12.9. The van der Waals surface area contributed by atoms with E-state index in [1.54, 1.807) is 25.2 Å². The number of ether oxygens (including phenoxy) is 2. The van der Waals surface area contributed by atoms with E-state index < -0.39 is 9.84 Å². The molecule has 1 amide bonds. The van der Waals surface area contributed by atoms with Crippen LogP contribution in [0, 0.1) is 0 Å². The van der Waals surface area contributed by atoms with E-state index in [2.05, 4.69) is 15.5 Å². The molecule has 0 bridgehead atoms. The summed E-state index contributed by atoms with van der Waals surface area (Å²) < 4.78 is 35.7. The Bertz CT molecular complexity index is 1200. The van der Waals surface area contributed by atoms with E-state index in [0.717, 1.165) is 6.26 Å². The molecule has 0 radical (unpaired) electrons. The normalized spacial score (nSPS) is 11.2. The molecular weight excluding hydrogens is 458 g/mol. The van der Waals surface area contributed by atoms with Crippen LogP contribution in [0.4, 0.5) is 0 Å². The van der Waals surface area contributed by atoms with Crippen molar-refractivity contribution in [3.63, 3.8) is 0 Å². The van der Waals surface area contributed by atoms with Crippen LogP contribution in [0.2, 0.25) is 5.02 Å². The lowest BCUT2D eigenvalue weighted by atomic mass is 10.1. The second kappa shape index (κ2) is 9.96. The summed E-state index contributed by atoms with van der Waals surface area (Å²) >= 11 is 6.33. The number of benzene rings is 2. The number of aromatic nitrogens is 4. The van der Waals surface area contributed by atoms with Crippen molar-refractivity contribution in [3.05, 3.63) is 53.3 Å². The van der Waals surface area contributed by atoms with Crippen molar-refractivity contribution in [1.29, 1.82) is 0 Å². The van der Waals surface area contributed by atoms with Crippen molar-refractivity contribution < 1.29 is 22.7 Å². The molecule has 0 fully saturated rings. The SMILES string of the molecule is COc1cc(-n2cnnn2)c(Cl)cc1C(=O)N(C)CCCOc1cccc(S(C)(=O)=O)c1. The number of tetrazole rings is 1. The van der Waals surface area contributed by atoms with Crippen LogP contribution >= 0.6 is 11.6 Å². The predicted molar refractivity (Wildman–Crippen MR) is 117 cm³/mol. The van der Waals surface area contributed by atoms with Gasteiger partial charge in [0.1, 0.15) is 17.8 Å². The molecule has 0 saturated heterocycles. The number of halogens is 1.